The molecule has 44 heavy (non-hydrogen) atoms. The van der Waals surface area contributed by atoms with E-state index >= 15 is 4.39 Å². The summed E-state index contributed by atoms with van der Waals surface area (Å²) in [6.07, 6.45) is 4.83. The predicted molar refractivity (Wildman–Crippen MR) is 162 cm³/mol. The molecule has 1 aliphatic rings. The Hall–Kier alpha value is -5.30. The summed E-state index contributed by atoms with van der Waals surface area (Å²) in [4.78, 5) is 45.6. The molecule has 0 unspecified atom stereocenters. The lowest BCUT2D eigenvalue weighted by Gasteiger charge is -2.34. The van der Waals surface area contributed by atoms with E-state index in [2.05, 4.69) is 30.9 Å². The number of halogens is 1. The van der Waals surface area contributed by atoms with Gasteiger partial charge in [-0.15, -0.1) is 5.10 Å². The zero-order valence-corrected chi connectivity index (χ0v) is 24.1. The third kappa shape index (κ3) is 6.22. The van der Waals surface area contributed by atoms with Crippen molar-refractivity contribution in [3.05, 3.63) is 83.9 Å². The van der Waals surface area contributed by atoms with Gasteiger partial charge in [-0.05, 0) is 87.2 Å². The van der Waals surface area contributed by atoms with Crippen molar-refractivity contribution in [1.29, 1.82) is 0 Å². The first-order valence-electron chi connectivity index (χ1n) is 14.1. The molecule has 0 aliphatic carbocycles. The molecule has 2 aromatic carbocycles. The van der Waals surface area contributed by atoms with Crippen molar-refractivity contribution in [2.24, 2.45) is 0 Å². The molecule has 3 N–H and O–H groups in total. The summed E-state index contributed by atoms with van der Waals surface area (Å²) in [6.45, 7) is 4.95. The van der Waals surface area contributed by atoms with E-state index in [9.17, 15) is 9.59 Å². The number of benzene rings is 2. The number of hydrogen-bond donors (Lipinski definition) is 3. The van der Waals surface area contributed by atoms with Crippen LogP contribution in [-0.4, -0.2) is 73.5 Å². The Labute approximate surface area is 251 Å². The fraction of sp³-hybridized carbons (Fsp3) is 0.258. The van der Waals surface area contributed by atoms with Crippen LogP contribution in [0.5, 0.6) is 0 Å². The van der Waals surface area contributed by atoms with Gasteiger partial charge in [0.05, 0.1) is 17.3 Å². The molecule has 1 aliphatic heterocycles. The summed E-state index contributed by atoms with van der Waals surface area (Å²) >= 11 is 0. The molecule has 1 atom stereocenters. The highest BCUT2D eigenvalue weighted by molar-refractivity contribution is 6.11. The highest BCUT2D eigenvalue weighted by Gasteiger charge is 2.31. The lowest BCUT2D eigenvalue weighted by atomic mass is 10.0. The van der Waals surface area contributed by atoms with Crippen LogP contribution >= 0.6 is 0 Å². The van der Waals surface area contributed by atoms with Crippen LogP contribution in [0.3, 0.4) is 0 Å². The summed E-state index contributed by atoms with van der Waals surface area (Å²) in [7, 11) is 0. The lowest BCUT2D eigenvalue weighted by Crippen LogP contribution is -2.49. The molecule has 226 valence electrons. The van der Waals surface area contributed by atoms with E-state index < -0.39 is 11.7 Å². The third-order valence-corrected chi connectivity index (χ3v) is 7.14. The van der Waals surface area contributed by atoms with Gasteiger partial charge in [-0.25, -0.2) is 14.4 Å². The highest BCUT2D eigenvalue weighted by Crippen LogP contribution is 2.31. The summed E-state index contributed by atoms with van der Waals surface area (Å²) in [5, 5.41) is 22.8. The number of fused-ring (bicyclic) bond motifs is 2. The van der Waals surface area contributed by atoms with Gasteiger partial charge in [-0.2, -0.15) is 4.68 Å². The number of piperidine rings is 1. The molecule has 0 bridgehead atoms. The molecule has 13 heteroatoms. The quantitative estimate of drug-likeness (QED) is 0.248. The highest BCUT2D eigenvalue weighted by atomic mass is 19.1. The first-order valence-corrected chi connectivity index (χ1v) is 14.1. The smallest absolute Gasteiger partial charge is 0.290 e. The molecular formula is C31H31FN8O4. The zero-order chi connectivity index (χ0) is 31.2. The van der Waals surface area contributed by atoms with E-state index in [-0.39, 0.29) is 30.0 Å². The van der Waals surface area contributed by atoms with E-state index in [0.29, 0.717) is 40.2 Å². The monoisotopic (exact) mass is 598 g/mol. The molecule has 2 amide bonds. The first-order chi connectivity index (χ1) is 21.3. The summed E-state index contributed by atoms with van der Waals surface area (Å²) in [5.74, 6) is -0.936. The summed E-state index contributed by atoms with van der Waals surface area (Å²) < 4.78 is 17.1. The number of pyridine rings is 2. The van der Waals surface area contributed by atoms with Gasteiger partial charge in [0.15, 0.2) is 5.65 Å². The molecule has 1 fully saturated rings. The van der Waals surface area contributed by atoms with Crippen LogP contribution in [0.15, 0.2) is 67.0 Å². The van der Waals surface area contributed by atoms with Gasteiger partial charge in [0, 0.05) is 42.0 Å². The van der Waals surface area contributed by atoms with Crippen LogP contribution in [0, 0.1) is 5.82 Å². The summed E-state index contributed by atoms with van der Waals surface area (Å²) in [5.41, 5.74) is 1.90. The van der Waals surface area contributed by atoms with E-state index in [1.54, 1.807) is 59.8 Å². The zero-order valence-electron chi connectivity index (χ0n) is 24.1. The molecule has 3 aromatic heterocycles. The Morgan fingerprint density at radius 3 is 2.68 bits per heavy atom. The Morgan fingerprint density at radius 2 is 1.95 bits per heavy atom. The molecular weight excluding hydrogens is 567 g/mol. The number of hydrogen-bond acceptors (Lipinski definition) is 8. The topological polar surface area (TPSA) is 155 Å². The third-order valence-electron chi connectivity index (χ3n) is 7.14. The molecule has 5 aromatic rings. The van der Waals surface area contributed by atoms with Crippen molar-refractivity contribution in [3.63, 3.8) is 0 Å². The second-order valence-corrected chi connectivity index (χ2v) is 10.5. The lowest BCUT2D eigenvalue weighted by molar-refractivity contribution is -0.122. The second-order valence-electron chi connectivity index (χ2n) is 10.5. The number of carboxylic acid groups (broad SMARTS) is 1. The average Bonchev–Trinajstić information content (AvgIpc) is 3.46. The van der Waals surface area contributed by atoms with Crippen LogP contribution in [0.25, 0.3) is 27.6 Å². The maximum atomic E-state index is 15.7. The Morgan fingerprint density at radius 1 is 1.14 bits per heavy atom. The normalized spacial score (nSPS) is 14.6. The Balaban J connectivity index is 0.00000123. The minimum absolute atomic E-state index is 0.000982. The van der Waals surface area contributed by atoms with Gasteiger partial charge in [0.25, 0.3) is 18.3 Å². The molecule has 1 saturated heterocycles. The van der Waals surface area contributed by atoms with Gasteiger partial charge < -0.3 is 15.7 Å². The Bertz CT molecular complexity index is 1820. The fourth-order valence-corrected chi connectivity index (χ4v) is 5.21. The first kappa shape index (κ1) is 30.2. The molecule has 0 radical (unpaired) electrons. The van der Waals surface area contributed by atoms with Gasteiger partial charge in [-0.3, -0.25) is 19.3 Å². The van der Waals surface area contributed by atoms with Crippen molar-refractivity contribution < 1.29 is 23.9 Å². The maximum Gasteiger partial charge on any atom is 0.290 e. The molecule has 0 spiro atoms. The molecule has 4 heterocycles. The maximum absolute atomic E-state index is 15.7. The SMILES string of the molecule is CC(C)NC(=O)c1ccc2c(N(C(=O)c3ccc(-n4nnc5cccnc54)cc3F)[C@@H]3CCCNC3)nccc2c1.O=CO. The minimum Gasteiger partial charge on any atom is -0.483 e. The number of amides is 2. The number of rotatable bonds is 6. The van der Waals surface area contributed by atoms with Crippen molar-refractivity contribution in [1.82, 2.24) is 35.6 Å². The van der Waals surface area contributed by atoms with E-state index in [1.165, 1.54) is 16.8 Å². The standard InChI is InChI=1S/C30H29FN8O2.CH2O2/c1-18(2)35-29(40)20-7-9-23-19(15-20)11-14-34-27(23)38(22-5-3-12-32-17-22)30(41)24-10-8-21(16-25(24)31)39-28-26(36-37-39)6-4-13-33-28;2-1-3/h4,6-11,13-16,18,22,32H,3,5,12,17H2,1-2H3,(H,35,40);1H,(H,2,3)/t22-;/m1./s1. The van der Waals surface area contributed by atoms with Crippen LogP contribution in [0.1, 0.15) is 47.4 Å². The number of carbonyl (C=O) groups excluding carboxylic acids is 2. The van der Waals surface area contributed by atoms with Crippen LogP contribution in [0.4, 0.5) is 10.2 Å². The Kier molecular flexibility index (Phi) is 9.15. The summed E-state index contributed by atoms with van der Waals surface area (Å²) in [6, 6.07) is 14.8. The van der Waals surface area contributed by atoms with Gasteiger partial charge >= 0.3 is 0 Å². The van der Waals surface area contributed by atoms with Crippen molar-refractivity contribution in [2.45, 2.75) is 38.8 Å². The van der Waals surface area contributed by atoms with E-state index in [1.807, 2.05) is 13.8 Å². The number of anilines is 1. The fourth-order valence-electron chi connectivity index (χ4n) is 5.21. The number of nitrogens with zero attached hydrogens (tertiary/aromatic N) is 6. The van der Waals surface area contributed by atoms with E-state index in [4.69, 9.17) is 9.90 Å². The van der Waals surface area contributed by atoms with Crippen LogP contribution in [0.2, 0.25) is 0 Å². The number of nitrogens with one attached hydrogen (secondary N) is 2. The van der Waals surface area contributed by atoms with Crippen molar-refractivity contribution in [3.8, 4) is 5.69 Å². The predicted octanol–water partition coefficient (Wildman–Crippen LogP) is 3.74. The van der Waals surface area contributed by atoms with Gasteiger partial charge in [-0.1, -0.05) is 5.21 Å². The van der Waals surface area contributed by atoms with Crippen LogP contribution in [-0.2, 0) is 4.79 Å². The number of carbonyl (C=O) groups is 3. The van der Waals surface area contributed by atoms with Crippen molar-refractivity contribution in [2.75, 3.05) is 18.0 Å². The van der Waals surface area contributed by atoms with Crippen molar-refractivity contribution >= 4 is 46.0 Å². The molecule has 6 rings (SSSR count). The van der Waals surface area contributed by atoms with Gasteiger partial charge in [0.1, 0.15) is 17.2 Å². The van der Waals surface area contributed by atoms with Gasteiger partial charge in [0.2, 0.25) is 0 Å². The van der Waals surface area contributed by atoms with E-state index in [0.717, 1.165) is 24.8 Å². The van der Waals surface area contributed by atoms with Crippen LogP contribution < -0.4 is 15.5 Å². The second kappa shape index (κ2) is 13.3. The minimum atomic E-state index is -0.686. The molecule has 12 nitrogen and oxygen atoms in total. The average molecular weight is 599 g/mol. The number of aromatic nitrogens is 5. The molecule has 0 saturated carbocycles. The largest absolute Gasteiger partial charge is 0.483 e.